The van der Waals surface area contributed by atoms with Crippen LogP contribution in [0.5, 0.6) is 17.5 Å². The van der Waals surface area contributed by atoms with Crippen molar-refractivity contribution in [2.24, 2.45) is 0 Å². The zero-order valence-corrected chi connectivity index (χ0v) is 9.68. The van der Waals surface area contributed by atoms with E-state index in [4.69, 9.17) is 15.2 Å². The van der Waals surface area contributed by atoms with Crippen LogP contribution in [0.15, 0.2) is 30.6 Å². The van der Waals surface area contributed by atoms with Crippen LogP contribution in [0.2, 0.25) is 0 Å². The van der Waals surface area contributed by atoms with Gasteiger partial charge < -0.3 is 15.2 Å². The summed E-state index contributed by atoms with van der Waals surface area (Å²) in [5.41, 5.74) is 7.19. The number of ether oxygens (including phenoxy) is 2. The minimum atomic E-state index is 0.288. The molecule has 0 fully saturated rings. The van der Waals surface area contributed by atoms with Gasteiger partial charge in [0.05, 0.1) is 7.11 Å². The molecule has 0 aliphatic rings. The lowest BCUT2D eigenvalue weighted by Gasteiger charge is -2.09. The van der Waals surface area contributed by atoms with Crippen molar-refractivity contribution in [3.8, 4) is 17.5 Å². The van der Waals surface area contributed by atoms with Crippen LogP contribution in [0.4, 0.5) is 5.69 Å². The number of nitrogens with zero attached hydrogens (tertiary/aromatic N) is 2. The first-order valence-corrected chi connectivity index (χ1v) is 5.09. The fourth-order valence-electron chi connectivity index (χ4n) is 1.40. The van der Waals surface area contributed by atoms with Gasteiger partial charge in [-0.3, -0.25) is 0 Å². The van der Waals surface area contributed by atoms with Crippen LogP contribution in [0, 0.1) is 6.92 Å². The second-order valence-electron chi connectivity index (χ2n) is 3.52. The van der Waals surface area contributed by atoms with Crippen LogP contribution in [-0.2, 0) is 0 Å². The van der Waals surface area contributed by atoms with E-state index < -0.39 is 0 Å². The third kappa shape index (κ3) is 2.44. The van der Waals surface area contributed by atoms with Gasteiger partial charge in [-0.1, -0.05) is 12.1 Å². The molecule has 0 amide bonds. The van der Waals surface area contributed by atoms with Crippen molar-refractivity contribution in [1.29, 1.82) is 0 Å². The maximum atomic E-state index is 5.80. The fraction of sp³-hybridized carbons (Fsp3) is 0.167. The predicted molar refractivity (Wildman–Crippen MR) is 64.2 cm³/mol. The fourth-order valence-corrected chi connectivity index (χ4v) is 1.40. The number of hydrogen-bond donors (Lipinski definition) is 1. The molecule has 0 radical (unpaired) electrons. The van der Waals surface area contributed by atoms with Gasteiger partial charge in [0.2, 0.25) is 11.8 Å². The normalized spacial score (nSPS) is 10.0. The van der Waals surface area contributed by atoms with E-state index in [0.717, 1.165) is 5.56 Å². The molecule has 5 nitrogen and oxygen atoms in total. The SMILES string of the molecule is COc1ncnc(Oc2cccc(C)c2)c1N. The number of nitrogens with two attached hydrogens (primary N) is 1. The third-order valence-corrected chi connectivity index (χ3v) is 2.21. The maximum Gasteiger partial charge on any atom is 0.249 e. The molecule has 1 aromatic heterocycles. The Morgan fingerprint density at radius 2 is 1.94 bits per heavy atom. The van der Waals surface area contributed by atoms with E-state index in [1.807, 2.05) is 31.2 Å². The van der Waals surface area contributed by atoms with Gasteiger partial charge in [0.1, 0.15) is 12.1 Å². The summed E-state index contributed by atoms with van der Waals surface area (Å²) in [6.45, 7) is 1.98. The number of aromatic nitrogens is 2. The van der Waals surface area contributed by atoms with E-state index in [2.05, 4.69) is 9.97 Å². The van der Waals surface area contributed by atoms with Crippen LogP contribution in [0.1, 0.15) is 5.56 Å². The largest absolute Gasteiger partial charge is 0.479 e. The molecule has 0 saturated carbocycles. The first kappa shape index (κ1) is 11.2. The van der Waals surface area contributed by atoms with Crippen molar-refractivity contribution in [3.05, 3.63) is 36.2 Å². The van der Waals surface area contributed by atoms with Gasteiger partial charge in [-0.25, -0.2) is 0 Å². The van der Waals surface area contributed by atoms with E-state index in [1.54, 1.807) is 0 Å². The standard InChI is InChI=1S/C12H13N3O2/c1-8-4-3-5-9(6-8)17-12-10(13)11(16-2)14-7-15-12/h3-7H,13H2,1-2H3. The van der Waals surface area contributed by atoms with E-state index in [-0.39, 0.29) is 5.69 Å². The highest BCUT2D eigenvalue weighted by Crippen LogP contribution is 2.30. The zero-order valence-electron chi connectivity index (χ0n) is 9.68. The lowest BCUT2D eigenvalue weighted by Crippen LogP contribution is -2.00. The van der Waals surface area contributed by atoms with Crippen molar-refractivity contribution in [2.75, 3.05) is 12.8 Å². The van der Waals surface area contributed by atoms with E-state index in [0.29, 0.717) is 17.5 Å². The molecule has 88 valence electrons. The Balaban J connectivity index is 2.30. The summed E-state index contributed by atoms with van der Waals surface area (Å²) in [4.78, 5) is 7.85. The Morgan fingerprint density at radius 3 is 2.65 bits per heavy atom. The molecule has 0 aliphatic heterocycles. The Hall–Kier alpha value is -2.30. The highest BCUT2D eigenvalue weighted by Gasteiger charge is 2.10. The molecule has 2 N–H and O–H groups in total. The molecule has 0 atom stereocenters. The number of rotatable bonds is 3. The van der Waals surface area contributed by atoms with Crippen molar-refractivity contribution in [2.45, 2.75) is 6.92 Å². The number of methoxy groups -OCH3 is 1. The summed E-state index contributed by atoms with van der Waals surface area (Å²) in [7, 11) is 1.50. The number of anilines is 1. The van der Waals surface area contributed by atoms with Crippen LogP contribution in [0.25, 0.3) is 0 Å². The summed E-state index contributed by atoms with van der Waals surface area (Å²) in [6.07, 6.45) is 1.35. The quantitative estimate of drug-likeness (QED) is 0.876. The summed E-state index contributed by atoms with van der Waals surface area (Å²) in [5.74, 6) is 1.28. The number of nitrogen functional groups attached to an aromatic ring is 1. The van der Waals surface area contributed by atoms with Crippen molar-refractivity contribution in [3.63, 3.8) is 0 Å². The molecule has 1 aromatic carbocycles. The molecule has 2 aromatic rings. The maximum absolute atomic E-state index is 5.80. The molecule has 17 heavy (non-hydrogen) atoms. The Morgan fingerprint density at radius 1 is 1.18 bits per heavy atom. The van der Waals surface area contributed by atoms with Gasteiger partial charge in [-0.2, -0.15) is 9.97 Å². The third-order valence-electron chi connectivity index (χ3n) is 2.21. The second kappa shape index (κ2) is 4.69. The zero-order chi connectivity index (χ0) is 12.3. The highest BCUT2D eigenvalue weighted by molar-refractivity contribution is 5.56. The monoisotopic (exact) mass is 231 g/mol. The van der Waals surface area contributed by atoms with Gasteiger partial charge in [0.15, 0.2) is 5.69 Å². The molecule has 0 spiro atoms. The minimum Gasteiger partial charge on any atom is -0.479 e. The van der Waals surface area contributed by atoms with E-state index in [9.17, 15) is 0 Å². The van der Waals surface area contributed by atoms with Crippen molar-refractivity contribution < 1.29 is 9.47 Å². The average Bonchev–Trinajstić information content (AvgIpc) is 2.32. The summed E-state index contributed by atoms with van der Waals surface area (Å²) in [5, 5.41) is 0. The molecule has 0 unspecified atom stereocenters. The molecule has 0 aliphatic carbocycles. The smallest absolute Gasteiger partial charge is 0.249 e. The van der Waals surface area contributed by atoms with Gasteiger partial charge in [0.25, 0.3) is 0 Å². The summed E-state index contributed by atoms with van der Waals surface area (Å²) in [6, 6.07) is 7.62. The van der Waals surface area contributed by atoms with Crippen LogP contribution < -0.4 is 15.2 Å². The van der Waals surface area contributed by atoms with Gasteiger partial charge in [0, 0.05) is 0 Å². The molecular formula is C12H13N3O2. The van der Waals surface area contributed by atoms with Gasteiger partial charge in [-0.15, -0.1) is 0 Å². The Labute approximate surface area is 99.2 Å². The lowest BCUT2D eigenvalue weighted by molar-refractivity contribution is 0.391. The first-order valence-electron chi connectivity index (χ1n) is 5.09. The van der Waals surface area contributed by atoms with Crippen LogP contribution in [0.3, 0.4) is 0 Å². The van der Waals surface area contributed by atoms with Crippen molar-refractivity contribution >= 4 is 5.69 Å². The molecule has 0 bridgehead atoms. The van der Waals surface area contributed by atoms with Crippen LogP contribution >= 0.6 is 0 Å². The molecule has 2 rings (SSSR count). The Kier molecular flexibility index (Phi) is 3.09. The average molecular weight is 231 g/mol. The minimum absolute atomic E-state index is 0.288. The number of benzene rings is 1. The number of hydrogen-bond acceptors (Lipinski definition) is 5. The van der Waals surface area contributed by atoms with Gasteiger partial charge in [-0.05, 0) is 24.6 Å². The summed E-state index contributed by atoms with van der Waals surface area (Å²) >= 11 is 0. The Bertz CT molecular complexity index is 529. The first-order chi connectivity index (χ1) is 8.20. The van der Waals surface area contributed by atoms with Crippen molar-refractivity contribution in [1.82, 2.24) is 9.97 Å². The second-order valence-corrected chi connectivity index (χ2v) is 3.52. The van der Waals surface area contributed by atoms with E-state index >= 15 is 0 Å². The molecule has 1 heterocycles. The molecule has 5 heteroatoms. The van der Waals surface area contributed by atoms with E-state index in [1.165, 1.54) is 13.4 Å². The predicted octanol–water partition coefficient (Wildman–Crippen LogP) is 2.17. The summed E-state index contributed by atoms with van der Waals surface area (Å²) < 4.78 is 10.6. The van der Waals surface area contributed by atoms with Crippen LogP contribution in [-0.4, -0.2) is 17.1 Å². The van der Waals surface area contributed by atoms with Gasteiger partial charge >= 0.3 is 0 Å². The highest BCUT2D eigenvalue weighted by atomic mass is 16.5. The topological polar surface area (TPSA) is 70.3 Å². The lowest BCUT2D eigenvalue weighted by atomic mass is 10.2. The number of aryl methyl sites for hydroxylation is 1. The molecular weight excluding hydrogens is 218 g/mol. The molecule has 0 saturated heterocycles.